The molecular weight excluding hydrogens is 508 g/mol. The van der Waals surface area contributed by atoms with Gasteiger partial charge in [-0.3, -0.25) is 23.9 Å². The van der Waals surface area contributed by atoms with Crippen molar-refractivity contribution in [3.8, 4) is 6.07 Å². The number of esters is 1. The first kappa shape index (κ1) is 28.9. The summed E-state index contributed by atoms with van der Waals surface area (Å²) >= 11 is 6.78. The van der Waals surface area contributed by atoms with Crippen LogP contribution in [0.5, 0.6) is 0 Å². The number of pyridine rings is 1. The van der Waals surface area contributed by atoms with Crippen LogP contribution in [0.4, 0.5) is 5.82 Å². The highest BCUT2D eigenvalue weighted by Gasteiger charge is 2.34. The van der Waals surface area contributed by atoms with E-state index in [1.54, 1.807) is 31.9 Å². The van der Waals surface area contributed by atoms with E-state index in [0.29, 0.717) is 65.3 Å². The number of amides is 1. The van der Waals surface area contributed by atoms with Crippen molar-refractivity contribution in [3.05, 3.63) is 31.9 Å². The highest BCUT2D eigenvalue weighted by atomic mass is 32.2. The number of piperidine rings is 1. The molecule has 200 valence electrons. The number of anilines is 1. The van der Waals surface area contributed by atoms with Gasteiger partial charge in [-0.25, -0.2) is 0 Å². The van der Waals surface area contributed by atoms with Gasteiger partial charge < -0.3 is 9.64 Å². The van der Waals surface area contributed by atoms with Gasteiger partial charge in [0.15, 0.2) is 0 Å². The van der Waals surface area contributed by atoms with Crippen LogP contribution in [0.2, 0.25) is 0 Å². The number of rotatable bonds is 10. The third-order valence-electron chi connectivity index (χ3n) is 7.02. The van der Waals surface area contributed by atoms with E-state index in [1.807, 2.05) is 6.07 Å². The van der Waals surface area contributed by atoms with Crippen molar-refractivity contribution >= 4 is 52.1 Å². The third kappa shape index (κ3) is 6.44. The van der Waals surface area contributed by atoms with Crippen molar-refractivity contribution in [1.29, 1.82) is 5.26 Å². The van der Waals surface area contributed by atoms with Gasteiger partial charge >= 0.3 is 5.97 Å². The van der Waals surface area contributed by atoms with Crippen molar-refractivity contribution in [2.45, 2.75) is 65.7 Å². The number of carbonyl (C=O) groups is 2. The minimum atomic E-state index is -0.376. The molecule has 1 amide bonds. The van der Waals surface area contributed by atoms with E-state index in [4.69, 9.17) is 17.0 Å². The predicted octanol–water partition coefficient (Wildman–Crippen LogP) is 4.52. The van der Waals surface area contributed by atoms with Crippen LogP contribution in [0.1, 0.15) is 75.5 Å². The zero-order valence-electron chi connectivity index (χ0n) is 22.2. The van der Waals surface area contributed by atoms with E-state index >= 15 is 0 Å². The Hall–Kier alpha value is -2.64. The van der Waals surface area contributed by atoms with Gasteiger partial charge in [-0.05, 0) is 44.7 Å². The molecule has 0 N–H and O–H groups in total. The Morgan fingerprint density at radius 3 is 2.49 bits per heavy atom. The molecule has 0 atom stereocenters. The molecule has 1 aromatic heterocycles. The number of nitriles is 1. The molecule has 3 rings (SSSR count). The zero-order chi connectivity index (χ0) is 27.1. The number of hydrogen-bond donors (Lipinski definition) is 0. The Morgan fingerprint density at radius 1 is 1.19 bits per heavy atom. The molecule has 1 aromatic rings. The first-order valence-electron chi connectivity index (χ1n) is 13.1. The number of thioether (sulfide) groups is 1. The third-order valence-corrected chi connectivity index (χ3v) is 8.39. The lowest BCUT2D eigenvalue weighted by Crippen LogP contribution is -2.40. The topological polar surface area (TPSA) is 95.6 Å². The first-order valence-corrected chi connectivity index (χ1v) is 14.3. The Kier molecular flexibility index (Phi) is 10.4. The van der Waals surface area contributed by atoms with Crippen LogP contribution in [-0.2, 0) is 21.4 Å². The fraction of sp³-hybridized carbons (Fsp3) is 0.593. The van der Waals surface area contributed by atoms with Crippen molar-refractivity contribution in [2.75, 3.05) is 31.1 Å². The molecule has 0 radical (unpaired) electrons. The molecule has 0 saturated carbocycles. The molecule has 8 nitrogen and oxygen atoms in total. The van der Waals surface area contributed by atoms with Crippen molar-refractivity contribution in [1.82, 2.24) is 9.47 Å². The molecule has 0 aromatic carbocycles. The van der Waals surface area contributed by atoms with Gasteiger partial charge in [0.05, 0.1) is 17.4 Å². The van der Waals surface area contributed by atoms with E-state index < -0.39 is 0 Å². The molecule has 0 aliphatic carbocycles. The predicted molar refractivity (Wildman–Crippen MR) is 151 cm³/mol. The smallest absolute Gasteiger partial charge is 0.309 e. The second-order valence-corrected chi connectivity index (χ2v) is 11.1. The molecule has 2 saturated heterocycles. The largest absolute Gasteiger partial charge is 0.466 e. The summed E-state index contributed by atoms with van der Waals surface area (Å²) in [6.45, 7) is 7.77. The van der Waals surface area contributed by atoms with Gasteiger partial charge in [0.25, 0.3) is 11.5 Å². The highest BCUT2D eigenvalue weighted by molar-refractivity contribution is 8.26. The Morgan fingerprint density at radius 2 is 1.86 bits per heavy atom. The van der Waals surface area contributed by atoms with Crippen LogP contribution < -0.4 is 10.5 Å². The molecule has 37 heavy (non-hydrogen) atoms. The standard InChI is InChI=1S/C27H36N4O4S2/c1-5-7-8-9-10-13-31-25(33)22(37-27(31)36)16-20-18(3)21(17-28)24(32)29(4)23(20)30-14-11-19(12-15-30)26(34)35-6-2/h16,19H,5-15H2,1-4H3/b22-16+. The van der Waals surface area contributed by atoms with Gasteiger partial charge in [0.2, 0.25) is 0 Å². The van der Waals surface area contributed by atoms with E-state index in [1.165, 1.54) is 22.7 Å². The fourth-order valence-corrected chi connectivity index (χ4v) is 6.17. The summed E-state index contributed by atoms with van der Waals surface area (Å²) in [5, 5.41) is 9.70. The number of unbranched alkanes of at least 4 members (excludes halogenated alkanes) is 4. The highest BCUT2D eigenvalue weighted by Crippen LogP contribution is 2.36. The number of carbonyl (C=O) groups excluding carboxylic acids is 2. The maximum atomic E-state index is 13.3. The Labute approximate surface area is 228 Å². The molecule has 2 aliphatic rings. The van der Waals surface area contributed by atoms with E-state index in [9.17, 15) is 19.6 Å². The van der Waals surface area contributed by atoms with Crippen LogP contribution >= 0.6 is 24.0 Å². The van der Waals surface area contributed by atoms with Gasteiger partial charge in [0.1, 0.15) is 21.8 Å². The molecule has 2 fully saturated rings. The van der Waals surface area contributed by atoms with E-state index in [2.05, 4.69) is 11.8 Å². The second kappa shape index (κ2) is 13.2. The number of thiocarbonyl (C=S) groups is 1. The second-order valence-electron chi connectivity index (χ2n) is 9.47. The van der Waals surface area contributed by atoms with E-state index in [-0.39, 0.29) is 28.9 Å². The van der Waals surface area contributed by atoms with Crippen LogP contribution in [0.15, 0.2) is 9.70 Å². The summed E-state index contributed by atoms with van der Waals surface area (Å²) in [7, 11) is 1.65. The zero-order valence-corrected chi connectivity index (χ0v) is 23.8. The number of aromatic nitrogens is 1. The van der Waals surface area contributed by atoms with Crippen LogP contribution in [0, 0.1) is 24.2 Å². The Bertz CT molecular complexity index is 1180. The lowest BCUT2D eigenvalue weighted by molar-refractivity contribution is -0.148. The maximum Gasteiger partial charge on any atom is 0.309 e. The molecule has 0 spiro atoms. The van der Waals surface area contributed by atoms with Gasteiger partial charge in [-0.2, -0.15) is 5.26 Å². The van der Waals surface area contributed by atoms with Gasteiger partial charge in [-0.15, -0.1) is 0 Å². The SMILES string of the molecule is CCCCCCCN1C(=O)/C(=C\c2c(C)c(C#N)c(=O)n(C)c2N2CCC(C(=O)OCC)CC2)SC1=S. The van der Waals surface area contributed by atoms with Crippen molar-refractivity contribution in [2.24, 2.45) is 13.0 Å². The quantitative estimate of drug-likeness (QED) is 0.184. The maximum absolute atomic E-state index is 13.3. The Balaban J connectivity index is 1.92. The number of ether oxygens (including phenoxy) is 1. The molecule has 0 unspecified atom stereocenters. The number of hydrogen-bond acceptors (Lipinski definition) is 8. The number of nitrogens with zero attached hydrogens (tertiary/aromatic N) is 4. The van der Waals surface area contributed by atoms with Gasteiger partial charge in [-0.1, -0.05) is 56.6 Å². The van der Waals surface area contributed by atoms with Crippen molar-refractivity contribution in [3.63, 3.8) is 0 Å². The first-order chi connectivity index (χ1) is 17.7. The van der Waals surface area contributed by atoms with Crippen LogP contribution in [0.3, 0.4) is 0 Å². The van der Waals surface area contributed by atoms with Crippen LogP contribution in [0.25, 0.3) is 6.08 Å². The molecule has 2 aliphatic heterocycles. The lowest BCUT2D eigenvalue weighted by atomic mass is 9.95. The summed E-state index contributed by atoms with van der Waals surface area (Å²) in [5.74, 6) is 0.147. The fourth-order valence-electron chi connectivity index (χ4n) is 4.88. The summed E-state index contributed by atoms with van der Waals surface area (Å²) in [5.41, 5.74) is 0.888. The molecule has 10 heteroatoms. The van der Waals surface area contributed by atoms with Gasteiger partial charge in [0, 0.05) is 32.2 Å². The lowest BCUT2D eigenvalue weighted by Gasteiger charge is -2.35. The van der Waals surface area contributed by atoms with Crippen molar-refractivity contribution < 1.29 is 14.3 Å². The monoisotopic (exact) mass is 544 g/mol. The van der Waals surface area contributed by atoms with E-state index in [0.717, 1.165) is 25.7 Å². The summed E-state index contributed by atoms with van der Waals surface area (Å²) in [6.07, 6.45) is 8.43. The summed E-state index contributed by atoms with van der Waals surface area (Å²) < 4.78 is 7.21. The minimum Gasteiger partial charge on any atom is -0.466 e. The summed E-state index contributed by atoms with van der Waals surface area (Å²) in [6, 6.07) is 2.04. The average molecular weight is 545 g/mol. The molecular formula is C27H36N4O4S2. The summed E-state index contributed by atoms with van der Waals surface area (Å²) in [4.78, 5) is 42.7. The average Bonchev–Trinajstić information content (AvgIpc) is 3.15. The van der Waals surface area contributed by atoms with Crippen LogP contribution in [-0.4, -0.2) is 51.9 Å². The minimum absolute atomic E-state index is 0.0605. The molecule has 0 bridgehead atoms. The molecule has 3 heterocycles. The normalized spacial score (nSPS) is 17.5.